The van der Waals surface area contributed by atoms with Crippen LogP contribution in [0.3, 0.4) is 0 Å². The van der Waals surface area contributed by atoms with Crippen LogP contribution in [0.5, 0.6) is 0 Å². The van der Waals surface area contributed by atoms with Crippen LogP contribution in [-0.4, -0.2) is 19.7 Å². The van der Waals surface area contributed by atoms with Crippen molar-refractivity contribution >= 4 is 12.6 Å². The molecule has 0 aliphatic heterocycles. The Morgan fingerprint density at radius 1 is 1.09 bits per heavy atom. The van der Waals surface area contributed by atoms with Crippen LogP contribution in [0.2, 0.25) is 0 Å². The van der Waals surface area contributed by atoms with Crippen molar-refractivity contribution in [2.45, 2.75) is 5.25 Å². The minimum Gasteiger partial charge on any atom is -0.313 e. The highest BCUT2D eigenvalue weighted by atomic mass is 32.1. The molecule has 1 aromatic carbocycles. The molecule has 0 bridgehead atoms. The number of aromatic nitrogens is 4. The van der Waals surface area contributed by atoms with Crippen LogP contribution >= 0.6 is 12.6 Å². The Kier molecular flexibility index (Phi) is 3.90. The Morgan fingerprint density at radius 3 is 2.41 bits per heavy atom. The van der Waals surface area contributed by atoms with E-state index in [2.05, 4.69) is 33.9 Å². The van der Waals surface area contributed by atoms with E-state index in [1.807, 2.05) is 35.9 Å². The average molecular weight is 307 g/mol. The molecule has 1 unspecified atom stereocenters. The molecule has 0 saturated heterocycles. The van der Waals surface area contributed by atoms with E-state index in [4.69, 9.17) is 5.26 Å². The number of nitrogens with zero attached hydrogens (tertiary/aromatic N) is 5. The van der Waals surface area contributed by atoms with Crippen molar-refractivity contribution in [3.63, 3.8) is 0 Å². The van der Waals surface area contributed by atoms with E-state index in [1.54, 1.807) is 24.5 Å². The van der Waals surface area contributed by atoms with Gasteiger partial charge in [0, 0.05) is 25.0 Å². The first kappa shape index (κ1) is 14.3. The van der Waals surface area contributed by atoms with Crippen molar-refractivity contribution in [2.24, 2.45) is 7.05 Å². The first-order chi connectivity index (χ1) is 10.7. The largest absolute Gasteiger partial charge is 0.313 e. The summed E-state index contributed by atoms with van der Waals surface area (Å²) >= 11 is 4.65. The second kappa shape index (κ2) is 6.00. The van der Waals surface area contributed by atoms with Gasteiger partial charge in [-0.2, -0.15) is 17.9 Å². The van der Waals surface area contributed by atoms with E-state index >= 15 is 0 Å². The first-order valence-corrected chi connectivity index (χ1v) is 7.20. The topological polar surface area (TPSA) is 67.4 Å². The lowest BCUT2D eigenvalue weighted by molar-refractivity contribution is 0.820. The van der Waals surface area contributed by atoms with Crippen molar-refractivity contribution < 1.29 is 0 Å². The molecular formula is C16H13N5S. The van der Waals surface area contributed by atoms with Gasteiger partial charge in [-0.3, -0.25) is 4.98 Å². The van der Waals surface area contributed by atoms with Crippen LogP contribution in [0, 0.1) is 11.3 Å². The molecule has 0 spiro atoms. The van der Waals surface area contributed by atoms with Crippen molar-refractivity contribution in [3.8, 4) is 17.5 Å². The number of thiol groups is 1. The van der Waals surface area contributed by atoms with Gasteiger partial charge in [-0.05, 0) is 29.8 Å². The smallest absolute Gasteiger partial charge is 0.163 e. The van der Waals surface area contributed by atoms with Gasteiger partial charge in [0.05, 0.1) is 16.9 Å². The van der Waals surface area contributed by atoms with Gasteiger partial charge in [0.1, 0.15) is 5.82 Å². The summed E-state index contributed by atoms with van der Waals surface area (Å²) in [5.41, 5.74) is 2.55. The van der Waals surface area contributed by atoms with Crippen molar-refractivity contribution in [1.82, 2.24) is 19.7 Å². The van der Waals surface area contributed by atoms with E-state index in [9.17, 15) is 0 Å². The summed E-state index contributed by atoms with van der Waals surface area (Å²) in [7, 11) is 1.91. The number of benzene rings is 1. The van der Waals surface area contributed by atoms with Gasteiger partial charge in [-0.15, -0.1) is 10.2 Å². The van der Waals surface area contributed by atoms with E-state index < -0.39 is 0 Å². The fourth-order valence-corrected chi connectivity index (χ4v) is 2.62. The molecule has 6 heteroatoms. The third-order valence-electron chi connectivity index (χ3n) is 3.45. The molecule has 0 amide bonds. The number of hydrogen-bond donors (Lipinski definition) is 1. The first-order valence-electron chi connectivity index (χ1n) is 6.68. The average Bonchev–Trinajstić information content (AvgIpc) is 2.96. The molecule has 0 aliphatic carbocycles. The van der Waals surface area contributed by atoms with E-state index in [-0.39, 0.29) is 5.25 Å². The van der Waals surface area contributed by atoms with Crippen molar-refractivity contribution in [3.05, 3.63) is 65.7 Å². The zero-order valence-corrected chi connectivity index (χ0v) is 12.8. The maximum atomic E-state index is 8.86. The van der Waals surface area contributed by atoms with Crippen LogP contribution in [0.4, 0.5) is 0 Å². The lowest BCUT2D eigenvalue weighted by Crippen LogP contribution is -2.04. The van der Waals surface area contributed by atoms with Crippen LogP contribution < -0.4 is 0 Å². The van der Waals surface area contributed by atoms with Gasteiger partial charge < -0.3 is 4.57 Å². The van der Waals surface area contributed by atoms with Gasteiger partial charge in [0.15, 0.2) is 5.82 Å². The standard InChI is InChI=1S/C16H13N5S/c1-21-15(13-6-8-18-9-7-13)19-20-16(21)14(22)12-4-2-11(10-17)3-5-12/h2-9,14,22H,1H3. The zero-order chi connectivity index (χ0) is 15.5. The summed E-state index contributed by atoms with van der Waals surface area (Å²) in [6.07, 6.45) is 3.45. The van der Waals surface area contributed by atoms with E-state index in [0.29, 0.717) is 5.56 Å². The maximum absolute atomic E-state index is 8.86. The summed E-state index contributed by atoms with van der Waals surface area (Å²) in [5, 5.41) is 17.2. The molecule has 5 nitrogen and oxygen atoms in total. The molecule has 0 aliphatic rings. The molecule has 3 aromatic rings. The molecule has 3 rings (SSSR count). The summed E-state index contributed by atoms with van der Waals surface area (Å²) in [4.78, 5) is 4.01. The fraction of sp³-hybridized carbons (Fsp3) is 0.125. The molecule has 2 heterocycles. The Hall–Kier alpha value is -2.65. The summed E-state index contributed by atoms with van der Waals surface area (Å²) in [5.74, 6) is 1.52. The fourth-order valence-electron chi connectivity index (χ4n) is 2.22. The molecular weight excluding hydrogens is 294 g/mol. The monoisotopic (exact) mass is 307 g/mol. The van der Waals surface area contributed by atoms with Gasteiger partial charge in [0.2, 0.25) is 0 Å². The summed E-state index contributed by atoms with van der Waals surface area (Å²) in [6.45, 7) is 0. The lowest BCUT2D eigenvalue weighted by atomic mass is 10.1. The van der Waals surface area contributed by atoms with Crippen molar-refractivity contribution in [2.75, 3.05) is 0 Å². The van der Waals surface area contributed by atoms with Gasteiger partial charge in [-0.1, -0.05) is 12.1 Å². The minimum atomic E-state index is -0.208. The zero-order valence-electron chi connectivity index (χ0n) is 11.9. The number of hydrogen-bond acceptors (Lipinski definition) is 5. The Morgan fingerprint density at radius 2 is 1.77 bits per heavy atom. The highest BCUT2D eigenvalue weighted by Gasteiger charge is 2.18. The van der Waals surface area contributed by atoms with Gasteiger partial charge in [-0.25, -0.2) is 0 Å². The highest BCUT2D eigenvalue weighted by molar-refractivity contribution is 7.80. The molecule has 0 radical (unpaired) electrons. The quantitative estimate of drug-likeness (QED) is 0.756. The minimum absolute atomic E-state index is 0.208. The number of rotatable bonds is 3. The third-order valence-corrected chi connectivity index (χ3v) is 3.98. The van der Waals surface area contributed by atoms with E-state index in [0.717, 1.165) is 22.8 Å². The van der Waals surface area contributed by atoms with Gasteiger partial charge >= 0.3 is 0 Å². The number of nitriles is 1. The number of pyridine rings is 1. The SMILES string of the molecule is Cn1c(-c2ccncc2)nnc1C(S)c1ccc(C#N)cc1. The van der Waals surface area contributed by atoms with Crippen LogP contribution in [-0.2, 0) is 7.05 Å². The highest BCUT2D eigenvalue weighted by Crippen LogP contribution is 2.29. The summed E-state index contributed by atoms with van der Waals surface area (Å²) < 4.78 is 1.92. The third kappa shape index (κ3) is 2.59. The molecule has 108 valence electrons. The van der Waals surface area contributed by atoms with Crippen LogP contribution in [0.25, 0.3) is 11.4 Å². The predicted octanol–water partition coefficient (Wildman–Crippen LogP) is 2.77. The normalized spacial score (nSPS) is 11.9. The molecule has 0 N–H and O–H groups in total. The summed E-state index contributed by atoms with van der Waals surface area (Å²) in [6, 6.07) is 13.2. The van der Waals surface area contributed by atoms with Crippen LogP contribution in [0.15, 0.2) is 48.8 Å². The Balaban J connectivity index is 1.95. The Bertz CT molecular complexity index is 818. The predicted molar refractivity (Wildman–Crippen MR) is 86.2 cm³/mol. The second-order valence-corrected chi connectivity index (χ2v) is 5.33. The Labute approximate surface area is 133 Å². The van der Waals surface area contributed by atoms with E-state index in [1.165, 1.54) is 0 Å². The molecule has 0 fully saturated rings. The molecule has 2 aromatic heterocycles. The molecule has 22 heavy (non-hydrogen) atoms. The van der Waals surface area contributed by atoms with Gasteiger partial charge in [0.25, 0.3) is 0 Å². The molecule has 1 atom stereocenters. The van der Waals surface area contributed by atoms with Crippen molar-refractivity contribution in [1.29, 1.82) is 5.26 Å². The maximum Gasteiger partial charge on any atom is 0.163 e. The lowest BCUT2D eigenvalue weighted by Gasteiger charge is -2.11. The van der Waals surface area contributed by atoms with Crippen LogP contribution in [0.1, 0.15) is 22.2 Å². The second-order valence-electron chi connectivity index (χ2n) is 4.81. The molecule has 0 saturated carbocycles.